The molecule has 0 amide bonds. The number of nitrogens with zero attached hydrogens (tertiary/aromatic N) is 2. The largest absolute Gasteiger partial charge is 0.497 e. The number of ether oxygens (including phenoxy) is 2. The maximum Gasteiger partial charge on any atom is 0.144 e. The molecule has 0 N–H and O–H groups in total. The summed E-state index contributed by atoms with van der Waals surface area (Å²) in [6.45, 7) is 0. The molecule has 2 rings (SSSR count). The first-order chi connectivity index (χ1) is 7.35. The predicted octanol–water partition coefficient (Wildman–Crippen LogP) is 1.69. The lowest BCUT2D eigenvalue weighted by Gasteiger charge is -2.09. The molecule has 0 saturated carbocycles. The van der Waals surface area contributed by atoms with E-state index in [9.17, 15) is 0 Å². The molecule has 4 nitrogen and oxygen atoms in total. The average molecular weight is 203 g/mol. The van der Waals surface area contributed by atoms with Crippen molar-refractivity contribution in [2.24, 2.45) is 0 Å². The molecule has 0 spiro atoms. The summed E-state index contributed by atoms with van der Waals surface area (Å²) in [7, 11) is 3.25. The maximum absolute atomic E-state index is 5.24. The Balaban J connectivity index is 2.52. The smallest absolute Gasteiger partial charge is 0.144 e. The van der Waals surface area contributed by atoms with Crippen LogP contribution < -0.4 is 9.47 Å². The van der Waals surface area contributed by atoms with Gasteiger partial charge in [0.25, 0.3) is 0 Å². The highest BCUT2D eigenvalue weighted by Gasteiger charge is 2.06. The van der Waals surface area contributed by atoms with Gasteiger partial charge in [0.15, 0.2) is 0 Å². The van der Waals surface area contributed by atoms with Crippen molar-refractivity contribution in [3.05, 3.63) is 36.7 Å². The summed E-state index contributed by atoms with van der Waals surface area (Å²) in [5.74, 6) is 1.51. The highest BCUT2D eigenvalue weighted by molar-refractivity contribution is 5.50. The molecule has 0 fully saturated rings. The third-order valence-electron chi connectivity index (χ3n) is 2.09. The summed E-state index contributed by atoms with van der Waals surface area (Å²) in [5.41, 5.74) is 0.832. The zero-order valence-electron chi connectivity index (χ0n) is 8.60. The van der Waals surface area contributed by atoms with Crippen LogP contribution in [0, 0.1) is 6.07 Å². The van der Waals surface area contributed by atoms with Crippen molar-refractivity contribution in [2.75, 3.05) is 14.2 Å². The van der Waals surface area contributed by atoms with Crippen LogP contribution in [0.3, 0.4) is 0 Å². The zero-order chi connectivity index (χ0) is 10.7. The molecule has 1 radical (unpaired) electrons. The second-order valence-corrected chi connectivity index (χ2v) is 2.92. The third-order valence-corrected chi connectivity index (χ3v) is 2.09. The molecule has 15 heavy (non-hydrogen) atoms. The Morgan fingerprint density at radius 2 is 2.13 bits per heavy atom. The van der Waals surface area contributed by atoms with E-state index in [1.165, 1.54) is 0 Å². The fourth-order valence-corrected chi connectivity index (χ4v) is 1.34. The standard InChI is InChI=1S/C11H11N2O2/c1-14-9-4-5-11(15-2)10(8-9)13-7-3-6-12-13/h4-8H,1-2H3. The van der Waals surface area contributed by atoms with Gasteiger partial charge in [0, 0.05) is 18.3 Å². The summed E-state index contributed by atoms with van der Waals surface area (Å²) in [6.07, 6.45) is 3.33. The minimum Gasteiger partial charge on any atom is -0.497 e. The minimum atomic E-state index is 0.743. The van der Waals surface area contributed by atoms with Crippen molar-refractivity contribution < 1.29 is 9.47 Å². The molecule has 2 aromatic rings. The molecule has 0 atom stereocenters. The first-order valence-electron chi connectivity index (χ1n) is 4.48. The second kappa shape index (κ2) is 4.04. The van der Waals surface area contributed by atoms with Crippen LogP contribution in [0.1, 0.15) is 0 Å². The van der Waals surface area contributed by atoms with E-state index >= 15 is 0 Å². The average Bonchev–Trinajstić information content (AvgIpc) is 2.81. The first kappa shape index (κ1) is 9.58. The van der Waals surface area contributed by atoms with E-state index in [2.05, 4.69) is 11.2 Å². The Hall–Kier alpha value is -1.97. The SMILES string of the molecule is COc1ccc(OC)c(-n2c[c]cn2)c1. The van der Waals surface area contributed by atoms with Gasteiger partial charge in [0.05, 0.1) is 20.4 Å². The lowest BCUT2D eigenvalue weighted by Crippen LogP contribution is -1.98. The highest BCUT2D eigenvalue weighted by atomic mass is 16.5. The topological polar surface area (TPSA) is 36.3 Å². The van der Waals surface area contributed by atoms with Crippen LogP contribution in [0.15, 0.2) is 30.6 Å². The monoisotopic (exact) mass is 203 g/mol. The number of benzene rings is 1. The Morgan fingerprint density at radius 1 is 1.27 bits per heavy atom. The summed E-state index contributed by atoms with van der Waals surface area (Å²) in [4.78, 5) is 0. The molecule has 0 saturated heterocycles. The molecule has 1 aromatic carbocycles. The fraction of sp³-hybridized carbons (Fsp3) is 0.182. The van der Waals surface area contributed by atoms with Crippen molar-refractivity contribution in [2.45, 2.75) is 0 Å². The van der Waals surface area contributed by atoms with Gasteiger partial charge in [-0.15, -0.1) is 0 Å². The van der Waals surface area contributed by atoms with Crippen molar-refractivity contribution in [1.82, 2.24) is 9.78 Å². The van der Waals surface area contributed by atoms with Crippen molar-refractivity contribution in [3.63, 3.8) is 0 Å². The van der Waals surface area contributed by atoms with E-state index in [4.69, 9.17) is 9.47 Å². The van der Waals surface area contributed by atoms with Gasteiger partial charge in [0.1, 0.15) is 17.2 Å². The lowest BCUT2D eigenvalue weighted by atomic mass is 10.2. The maximum atomic E-state index is 5.24. The molecular weight excluding hydrogens is 192 g/mol. The van der Waals surface area contributed by atoms with Crippen molar-refractivity contribution >= 4 is 0 Å². The van der Waals surface area contributed by atoms with Gasteiger partial charge in [-0.05, 0) is 12.1 Å². The lowest BCUT2D eigenvalue weighted by molar-refractivity contribution is 0.400. The molecule has 1 aromatic heterocycles. The van der Waals surface area contributed by atoms with Crippen LogP contribution in [-0.4, -0.2) is 24.0 Å². The van der Waals surface area contributed by atoms with Gasteiger partial charge in [-0.1, -0.05) is 0 Å². The molecule has 0 bridgehead atoms. The predicted molar refractivity (Wildman–Crippen MR) is 55.5 cm³/mol. The Morgan fingerprint density at radius 3 is 2.73 bits per heavy atom. The van der Waals surface area contributed by atoms with Gasteiger partial charge >= 0.3 is 0 Å². The molecule has 4 heteroatoms. The molecule has 0 aliphatic carbocycles. The summed E-state index contributed by atoms with van der Waals surface area (Å²) in [5, 5.41) is 4.10. The van der Waals surface area contributed by atoms with E-state index in [0.29, 0.717) is 0 Å². The van der Waals surface area contributed by atoms with Crippen LogP contribution in [0.5, 0.6) is 11.5 Å². The normalized spacial score (nSPS) is 10.0. The minimum absolute atomic E-state index is 0.743. The van der Waals surface area contributed by atoms with Gasteiger partial charge < -0.3 is 9.47 Å². The second-order valence-electron chi connectivity index (χ2n) is 2.92. The van der Waals surface area contributed by atoms with E-state index in [-0.39, 0.29) is 0 Å². The molecule has 0 unspecified atom stereocenters. The molecule has 0 aliphatic rings. The van der Waals surface area contributed by atoms with Gasteiger partial charge in [-0.25, -0.2) is 4.68 Å². The van der Waals surface area contributed by atoms with Crippen LogP contribution in [0.4, 0.5) is 0 Å². The molecule has 77 valence electrons. The van der Waals surface area contributed by atoms with E-state index in [1.54, 1.807) is 31.3 Å². The van der Waals surface area contributed by atoms with E-state index < -0.39 is 0 Å². The van der Waals surface area contributed by atoms with E-state index in [1.807, 2.05) is 18.2 Å². The van der Waals surface area contributed by atoms with E-state index in [0.717, 1.165) is 17.2 Å². The van der Waals surface area contributed by atoms with Crippen LogP contribution >= 0.6 is 0 Å². The Kier molecular flexibility index (Phi) is 2.58. The van der Waals surface area contributed by atoms with Gasteiger partial charge in [0.2, 0.25) is 0 Å². The van der Waals surface area contributed by atoms with Crippen molar-refractivity contribution in [1.29, 1.82) is 0 Å². The van der Waals surface area contributed by atoms with Crippen molar-refractivity contribution in [3.8, 4) is 17.2 Å². The zero-order valence-corrected chi connectivity index (χ0v) is 8.60. The van der Waals surface area contributed by atoms with Crippen LogP contribution in [0.2, 0.25) is 0 Å². The third kappa shape index (κ3) is 1.79. The quantitative estimate of drug-likeness (QED) is 0.761. The molecule has 1 heterocycles. The Labute approximate surface area is 88.1 Å². The molecule has 0 aliphatic heterocycles. The molecular formula is C11H11N2O2. The van der Waals surface area contributed by atoms with Gasteiger partial charge in [-0.2, -0.15) is 5.10 Å². The fourth-order valence-electron chi connectivity index (χ4n) is 1.34. The number of hydrogen-bond acceptors (Lipinski definition) is 3. The number of aromatic nitrogens is 2. The summed E-state index contributed by atoms with van der Waals surface area (Å²) in [6, 6.07) is 8.42. The number of methoxy groups -OCH3 is 2. The number of rotatable bonds is 3. The first-order valence-corrected chi connectivity index (χ1v) is 4.48. The summed E-state index contributed by atoms with van der Waals surface area (Å²) >= 11 is 0. The van der Waals surface area contributed by atoms with Crippen LogP contribution in [0.25, 0.3) is 5.69 Å². The van der Waals surface area contributed by atoms with Gasteiger partial charge in [-0.3, -0.25) is 0 Å². The number of hydrogen-bond donors (Lipinski definition) is 0. The van der Waals surface area contributed by atoms with Crippen LogP contribution in [-0.2, 0) is 0 Å². The summed E-state index contributed by atoms with van der Waals surface area (Å²) < 4.78 is 12.1. The Bertz CT molecular complexity index is 438. The highest BCUT2D eigenvalue weighted by Crippen LogP contribution is 2.26.